The van der Waals surface area contributed by atoms with E-state index in [1.165, 1.54) is 55.8 Å². The first kappa shape index (κ1) is 15.3. The molecule has 1 atom stereocenters. The molecule has 0 aromatic rings. The van der Waals surface area contributed by atoms with Gasteiger partial charge in [-0.05, 0) is 42.4 Å². The summed E-state index contributed by atoms with van der Waals surface area (Å²) in [6.45, 7) is 9.36. The Morgan fingerprint density at radius 1 is 0.867 bits per heavy atom. The fourth-order valence-electron chi connectivity index (χ4n) is 2.08. The third kappa shape index (κ3) is 8.19. The minimum absolute atomic E-state index is 0.742. The normalized spacial score (nSPS) is 13.4. The summed E-state index contributed by atoms with van der Waals surface area (Å²) in [5.74, 6) is 5.51. The monoisotopic (exact) mass is 231 g/mol. The highest BCUT2D eigenvalue weighted by Gasteiger charge is 2.11. The number of hydrogen-bond acceptors (Lipinski definition) is 0. The van der Waals surface area contributed by atoms with Gasteiger partial charge < -0.3 is 0 Å². The minimum atomic E-state index is 0.742. The van der Waals surface area contributed by atoms with E-state index >= 15 is 0 Å². The van der Waals surface area contributed by atoms with Gasteiger partial charge in [0.2, 0.25) is 0 Å². The van der Waals surface area contributed by atoms with Crippen molar-refractivity contribution in [2.75, 3.05) is 17.3 Å². The van der Waals surface area contributed by atoms with E-state index in [1.807, 2.05) is 0 Å². The van der Waals surface area contributed by atoms with Crippen molar-refractivity contribution >= 4 is 10.9 Å². The summed E-state index contributed by atoms with van der Waals surface area (Å²) in [5, 5.41) is 0. The standard InChI is InChI=1S/C14H31S/c1-5-9-10-14(8-4)13-15(11-6-2)12-7-3/h14H,5-13H2,1-4H3. The molecule has 0 aromatic heterocycles. The summed E-state index contributed by atoms with van der Waals surface area (Å²) in [7, 11) is 0.742. The predicted octanol–water partition coefficient (Wildman–Crippen LogP) is 5.29. The van der Waals surface area contributed by atoms with Gasteiger partial charge in [-0.15, -0.1) is 0 Å². The molecule has 0 N–H and O–H groups in total. The third-order valence-corrected chi connectivity index (χ3v) is 5.91. The average Bonchev–Trinajstić information content (AvgIpc) is 2.24. The average molecular weight is 231 g/mol. The van der Waals surface area contributed by atoms with E-state index in [4.69, 9.17) is 0 Å². The van der Waals surface area contributed by atoms with Crippen molar-refractivity contribution < 1.29 is 0 Å². The molecule has 0 bridgehead atoms. The summed E-state index contributed by atoms with van der Waals surface area (Å²) in [6.07, 6.45) is 8.45. The molecule has 0 aliphatic rings. The lowest BCUT2D eigenvalue weighted by Crippen LogP contribution is -2.09. The van der Waals surface area contributed by atoms with E-state index < -0.39 is 0 Å². The second-order valence-corrected chi connectivity index (χ2v) is 6.98. The molecule has 0 heterocycles. The molecule has 1 heteroatoms. The topological polar surface area (TPSA) is 0 Å². The first-order valence-corrected chi connectivity index (χ1v) is 8.65. The molecule has 93 valence electrons. The maximum absolute atomic E-state index is 2.37. The van der Waals surface area contributed by atoms with Crippen LogP contribution in [-0.2, 0) is 0 Å². The zero-order valence-electron chi connectivity index (χ0n) is 11.3. The molecule has 0 aliphatic carbocycles. The van der Waals surface area contributed by atoms with Crippen LogP contribution in [0.2, 0.25) is 0 Å². The van der Waals surface area contributed by atoms with Crippen molar-refractivity contribution in [1.29, 1.82) is 0 Å². The van der Waals surface area contributed by atoms with Crippen LogP contribution in [0.15, 0.2) is 0 Å². The Kier molecular flexibility index (Phi) is 11.1. The first-order valence-electron chi connectivity index (χ1n) is 6.92. The number of unbranched alkanes of at least 4 members (excludes halogenated alkanes) is 1. The van der Waals surface area contributed by atoms with Gasteiger partial charge in [-0.25, -0.2) is 10.9 Å². The molecular formula is C14H31S. The molecule has 15 heavy (non-hydrogen) atoms. The van der Waals surface area contributed by atoms with Crippen LogP contribution in [0.1, 0.15) is 66.2 Å². The molecule has 1 unspecified atom stereocenters. The lowest BCUT2D eigenvalue weighted by atomic mass is 10.0. The highest BCUT2D eigenvalue weighted by Crippen LogP contribution is 2.32. The Labute approximate surface area is 101 Å². The van der Waals surface area contributed by atoms with Crippen molar-refractivity contribution in [2.45, 2.75) is 66.2 Å². The fourth-order valence-corrected chi connectivity index (χ4v) is 4.84. The number of rotatable bonds is 10. The van der Waals surface area contributed by atoms with Gasteiger partial charge in [0, 0.05) is 0 Å². The van der Waals surface area contributed by atoms with Crippen molar-refractivity contribution in [2.24, 2.45) is 5.92 Å². The maximum atomic E-state index is 2.37. The van der Waals surface area contributed by atoms with E-state index in [9.17, 15) is 0 Å². The molecule has 0 saturated heterocycles. The van der Waals surface area contributed by atoms with Gasteiger partial charge in [0.05, 0.1) is 0 Å². The van der Waals surface area contributed by atoms with Crippen LogP contribution in [0.5, 0.6) is 0 Å². The lowest BCUT2D eigenvalue weighted by molar-refractivity contribution is 0.498. The summed E-state index contributed by atoms with van der Waals surface area (Å²) in [4.78, 5) is 0. The predicted molar refractivity (Wildman–Crippen MR) is 76.1 cm³/mol. The summed E-state index contributed by atoms with van der Waals surface area (Å²) < 4.78 is 0. The molecule has 0 rings (SSSR count). The van der Waals surface area contributed by atoms with Gasteiger partial charge >= 0.3 is 0 Å². The Morgan fingerprint density at radius 2 is 1.47 bits per heavy atom. The van der Waals surface area contributed by atoms with Crippen LogP contribution < -0.4 is 0 Å². The zero-order valence-corrected chi connectivity index (χ0v) is 12.2. The molecular weight excluding hydrogens is 200 g/mol. The van der Waals surface area contributed by atoms with Crippen LogP contribution in [0.25, 0.3) is 0 Å². The second-order valence-electron chi connectivity index (χ2n) is 4.60. The second kappa shape index (κ2) is 10.9. The van der Waals surface area contributed by atoms with Crippen LogP contribution >= 0.6 is 10.9 Å². The van der Waals surface area contributed by atoms with E-state index in [0.717, 1.165) is 16.8 Å². The Balaban J connectivity index is 3.85. The molecule has 0 nitrogen and oxygen atoms in total. The van der Waals surface area contributed by atoms with Crippen LogP contribution in [0.4, 0.5) is 0 Å². The Morgan fingerprint density at radius 3 is 1.87 bits per heavy atom. The maximum Gasteiger partial charge on any atom is -0.0127 e. The van der Waals surface area contributed by atoms with Gasteiger partial charge in [-0.1, -0.05) is 47.0 Å². The quantitative estimate of drug-likeness (QED) is 0.479. The van der Waals surface area contributed by atoms with Crippen LogP contribution in [0.3, 0.4) is 0 Å². The van der Waals surface area contributed by atoms with Gasteiger partial charge in [0.1, 0.15) is 0 Å². The van der Waals surface area contributed by atoms with E-state index in [0.29, 0.717) is 0 Å². The first-order chi connectivity index (χ1) is 7.28. The summed E-state index contributed by atoms with van der Waals surface area (Å²) in [5.41, 5.74) is 0. The highest BCUT2D eigenvalue weighted by molar-refractivity contribution is 8.17. The smallest absolute Gasteiger partial charge is 0.0127 e. The molecule has 0 aliphatic heterocycles. The van der Waals surface area contributed by atoms with Crippen molar-refractivity contribution in [1.82, 2.24) is 0 Å². The van der Waals surface area contributed by atoms with Crippen molar-refractivity contribution in [3.8, 4) is 0 Å². The third-order valence-electron chi connectivity index (χ3n) is 3.00. The van der Waals surface area contributed by atoms with Gasteiger partial charge in [0.15, 0.2) is 0 Å². The molecule has 0 amide bonds. The lowest BCUT2D eigenvalue weighted by Gasteiger charge is -2.24. The molecule has 1 radical (unpaired) electrons. The minimum Gasteiger partial charge on any atom is -0.209 e. The van der Waals surface area contributed by atoms with E-state index in [2.05, 4.69) is 27.7 Å². The summed E-state index contributed by atoms with van der Waals surface area (Å²) in [6, 6.07) is 0. The van der Waals surface area contributed by atoms with E-state index in [1.54, 1.807) is 0 Å². The Hall–Kier alpha value is 0.350. The van der Waals surface area contributed by atoms with Gasteiger partial charge in [0.25, 0.3) is 0 Å². The van der Waals surface area contributed by atoms with Gasteiger partial charge in [-0.3, -0.25) is 0 Å². The van der Waals surface area contributed by atoms with E-state index in [-0.39, 0.29) is 0 Å². The number of hydrogen-bond donors (Lipinski definition) is 0. The van der Waals surface area contributed by atoms with Crippen molar-refractivity contribution in [3.05, 3.63) is 0 Å². The van der Waals surface area contributed by atoms with Crippen molar-refractivity contribution in [3.63, 3.8) is 0 Å². The molecule has 0 saturated carbocycles. The SMILES string of the molecule is CCCCC(CC)C[S](CCC)CCC. The van der Waals surface area contributed by atoms with Crippen LogP contribution in [0, 0.1) is 5.92 Å². The zero-order chi connectivity index (χ0) is 11.5. The molecule has 0 spiro atoms. The largest absolute Gasteiger partial charge is 0.209 e. The van der Waals surface area contributed by atoms with Gasteiger partial charge in [-0.2, -0.15) is 0 Å². The Bertz CT molecular complexity index is 117. The fraction of sp³-hybridized carbons (Fsp3) is 1.00. The molecule has 0 fully saturated rings. The highest BCUT2D eigenvalue weighted by atomic mass is 32.2. The van der Waals surface area contributed by atoms with Crippen LogP contribution in [-0.4, -0.2) is 17.3 Å². The summed E-state index contributed by atoms with van der Waals surface area (Å²) >= 11 is 0. The molecule has 0 aromatic carbocycles.